The number of nitriles is 1. The lowest BCUT2D eigenvalue weighted by Gasteiger charge is -2.10. The van der Waals surface area contributed by atoms with Gasteiger partial charge >= 0.3 is 0 Å². The Morgan fingerprint density at radius 1 is 1.21 bits per heavy atom. The van der Waals surface area contributed by atoms with Gasteiger partial charge in [-0.25, -0.2) is 4.98 Å². The number of hydrogen-bond donors (Lipinski definition) is 2. The molecule has 0 aliphatic heterocycles. The van der Waals surface area contributed by atoms with E-state index in [1.165, 1.54) is 6.20 Å². The summed E-state index contributed by atoms with van der Waals surface area (Å²) in [7, 11) is 0. The molecule has 1 heterocycles. The predicted octanol–water partition coefficient (Wildman–Crippen LogP) is 5.15. The molecule has 0 spiro atoms. The zero-order chi connectivity index (χ0) is 19.9. The van der Waals surface area contributed by atoms with Crippen LogP contribution in [0, 0.1) is 11.3 Å². The van der Waals surface area contributed by atoms with Crippen molar-refractivity contribution >= 4 is 52.2 Å². The lowest BCUT2D eigenvalue weighted by atomic mass is 10.2. The van der Waals surface area contributed by atoms with Crippen molar-refractivity contribution in [3.8, 4) is 11.8 Å². The minimum Gasteiger partial charge on any atom is -0.491 e. The topological polar surface area (TPSA) is 96.9 Å². The van der Waals surface area contributed by atoms with E-state index in [-0.39, 0.29) is 5.28 Å². The number of nitrogens with two attached hydrogens (primary N) is 1. The molecule has 0 saturated carbocycles. The van der Waals surface area contributed by atoms with Crippen LogP contribution in [-0.2, 0) is 0 Å². The van der Waals surface area contributed by atoms with Crippen molar-refractivity contribution in [2.45, 2.75) is 4.90 Å². The Bertz CT molecular complexity index is 1030. The first kappa shape index (κ1) is 20.1. The molecule has 6 nitrogen and oxygen atoms in total. The van der Waals surface area contributed by atoms with Crippen molar-refractivity contribution in [3.05, 3.63) is 64.5 Å². The van der Waals surface area contributed by atoms with E-state index in [9.17, 15) is 0 Å². The maximum absolute atomic E-state index is 9.12. The number of ether oxygens (including phenoxy) is 1. The summed E-state index contributed by atoms with van der Waals surface area (Å²) < 4.78 is 5.70. The number of thioether (sulfide) groups is 1. The van der Waals surface area contributed by atoms with Gasteiger partial charge in [0.25, 0.3) is 0 Å². The van der Waals surface area contributed by atoms with Crippen LogP contribution >= 0.6 is 35.0 Å². The van der Waals surface area contributed by atoms with Crippen molar-refractivity contribution in [2.75, 3.05) is 23.4 Å². The first-order valence-electron chi connectivity index (χ1n) is 8.15. The highest BCUT2D eigenvalue weighted by Gasteiger charge is 2.06. The summed E-state index contributed by atoms with van der Waals surface area (Å²) >= 11 is 13.5. The smallest absolute Gasteiger partial charge is 0.224 e. The van der Waals surface area contributed by atoms with E-state index in [0.717, 1.165) is 10.6 Å². The second kappa shape index (κ2) is 9.51. The number of aromatic nitrogens is 2. The minimum absolute atomic E-state index is 0.118. The minimum atomic E-state index is 0.118. The van der Waals surface area contributed by atoms with Crippen LogP contribution in [0.1, 0.15) is 5.56 Å². The van der Waals surface area contributed by atoms with Gasteiger partial charge in [0.15, 0.2) is 5.82 Å². The molecule has 0 amide bonds. The average Bonchev–Trinajstić information content (AvgIpc) is 2.69. The van der Waals surface area contributed by atoms with E-state index >= 15 is 0 Å². The number of anilines is 3. The van der Waals surface area contributed by atoms with Crippen LogP contribution < -0.4 is 15.8 Å². The molecule has 0 unspecified atom stereocenters. The van der Waals surface area contributed by atoms with Crippen molar-refractivity contribution in [1.29, 1.82) is 5.26 Å². The quantitative estimate of drug-likeness (QED) is 0.231. The molecule has 0 aliphatic rings. The van der Waals surface area contributed by atoms with Gasteiger partial charge in [-0.3, -0.25) is 0 Å². The fourth-order valence-electron chi connectivity index (χ4n) is 2.30. The summed E-state index contributed by atoms with van der Waals surface area (Å²) in [5.74, 6) is 1.63. The van der Waals surface area contributed by atoms with E-state index in [0.29, 0.717) is 40.2 Å². The Balaban J connectivity index is 1.57. The number of nitrogens with zero attached hydrogens (tertiary/aromatic N) is 3. The van der Waals surface area contributed by atoms with Gasteiger partial charge in [-0.15, -0.1) is 11.8 Å². The van der Waals surface area contributed by atoms with Gasteiger partial charge in [-0.05, 0) is 41.9 Å². The van der Waals surface area contributed by atoms with E-state index < -0.39 is 0 Å². The molecule has 0 saturated heterocycles. The summed E-state index contributed by atoms with van der Waals surface area (Å²) in [6, 6.07) is 14.9. The first-order valence-corrected chi connectivity index (χ1v) is 9.89. The van der Waals surface area contributed by atoms with Gasteiger partial charge in [0.2, 0.25) is 5.28 Å². The van der Waals surface area contributed by atoms with Crippen LogP contribution in [0.2, 0.25) is 10.3 Å². The third-order valence-electron chi connectivity index (χ3n) is 3.55. The molecule has 3 aromatic rings. The third kappa shape index (κ3) is 5.42. The van der Waals surface area contributed by atoms with Crippen molar-refractivity contribution in [2.24, 2.45) is 0 Å². The van der Waals surface area contributed by atoms with Crippen LogP contribution in [0.3, 0.4) is 0 Å². The summed E-state index contributed by atoms with van der Waals surface area (Å²) in [5.41, 5.74) is 7.60. The number of hydrogen-bond acceptors (Lipinski definition) is 7. The standard InChI is InChI=1S/C19H15Cl2N5OS/c20-16-11-24-19(21)26-18(16)25-14-2-1-3-15(9-14)28-7-6-27-17-8-13(23)5-4-12(17)10-22/h1-5,8-9,11H,6-7,23H2,(H,24,25,26). The highest BCUT2D eigenvalue weighted by molar-refractivity contribution is 7.99. The largest absolute Gasteiger partial charge is 0.491 e. The molecule has 0 bridgehead atoms. The van der Waals surface area contributed by atoms with E-state index in [4.69, 9.17) is 38.9 Å². The Morgan fingerprint density at radius 3 is 2.89 bits per heavy atom. The van der Waals surface area contributed by atoms with Crippen LogP contribution in [0.15, 0.2) is 53.6 Å². The van der Waals surface area contributed by atoms with E-state index in [1.807, 2.05) is 24.3 Å². The first-order chi connectivity index (χ1) is 13.5. The number of benzene rings is 2. The van der Waals surface area contributed by atoms with Crippen molar-refractivity contribution < 1.29 is 4.74 Å². The molecule has 2 aromatic carbocycles. The second-order valence-electron chi connectivity index (χ2n) is 5.55. The summed E-state index contributed by atoms with van der Waals surface area (Å²) in [5, 5.41) is 12.8. The number of nitrogens with one attached hydrogen (secondary N) is 1. The molecule has 1 aromatic heterocycles. The highest BCUT2D eigenvalue weighted by atomic mass is 35.5. The van der Waals surface area contributed by atoms with Gasteiger partial charge in [0.1, 0.15) is 16.8 Å². The number of rotatable bonds is 7. The lowest BCUT2D eigenvalue weighted by molar-refractivity contribution is 0.343. The molecule has 3 N–H and O–H groups in total. The zero-order valence-corrected chi connectivity index (χ0v) is 16.9. The maximum Gasteiger partial charge on any atom is 0.224 e. The van der Waals surface area contributed by atoms with E-state index in [1.54, 1.807) is 30.0 Å². The Labute approximate surface area is 176 Å². The maximum atomic E-state index is 9.12. The third-order valence-corrected chi connectivity index (χ3v) is 4.96. The zero-order valence-electron chi connectivity index (χ0n) is 14.5. The molecular formula is C19H15Cl2N5OS. The molecule has 0 radical (unpaired) electrons. The molecule has 0 aliphatic carbocycles. The predicted molar refractivity (Wildman–Crippen MR) is 114 cm³/mol. The SMILES string of the molecule is N#Cc1ccc(N)cc1OCCSc1cccc(Nc2nc(Cl)ncc2Cl)c1. The highest BCUT2D eigenvalue weighted by Crippen LogP contribution is 2.27. The second-order valence-corrected chi connectivity index (χ2v) is 7.47. The van der Waals surface area contributed by atoms with Crippen LogP contribution in [-0.4, -0.2) is 22.3 Å². The Morgan fingerprint density at radius 2 is 2.07 bits per heavy atom. The van der Waals surface area contributed by atoms with Gasteiger partial charge in [0, 0.05) is 28.1 Å². The molecule has 142 valence electrons. The average molecular weight is 432 g/mol. The van der Waals surface area contributed by atoms with Crippen LogP contribution in [0.25, 0.3) is 0 Å². The fourth-order valence-corrected chi connectivity index (χ4v) is 3.35. The summed E-state index contributed by atoms with van der Waals surface area (Å²) in [6.45, 7) is 0.438. The normalized spacial score (nSPS) is 10.3. The molecule has 28 heavy (non-hydrogen) atoms. The van der Waals surface area contributed by atoms with Crippen molar-refractivity contribution in [1.82, 2.24) is 9.97 Å². The molecule has 3 rings (SSSR count). The Hall–Kier alpha value is -2.66. The van der Waals surface area contributed by atoms with Gasteiger partial charge < -0.3 is 15.8 Å². The lowest BCUT2D eigenvalue weighted by Crippen LogP contribution is -2.02. The van der Waals surface area contributed by atoms with Crippen molar-refractivity contribution in [3.63, 3.8) is 0 Å². The van der Waals surface area contributed by atoms with E-state index in [2.05, 4.69) is 21.4 Å². The van der Waals surface area contributed by atoms with Gasteiger partial charge in [0.05, 0.1) is 18.4 Å². The molecule has 0 atom stereocenters. The molecule has 0 fully saturated rings. The Kier molecular flexibility index (Phi) is 6.82. The van der Waals surface area contributed by atoms with Gasteiger partial charge in [-0.2, -0.15) is 10.2 Å². The molecular weight excluding hydrogens is 417 g/mol. The summed E-state index contributed by atoms with van der Waals surface area (Å²) in [6.07, 6.45) is 1.45. The number of nitrogen functional groups attached to an aromatic ring is 1. The molecule has 9 heteroatoms. The number of halogens is 2. The van der Waals surface area contributed by atoms with Crippen LogP contribution in [0.4, 0.5) is 17.2 Å². The summed E-state index contributed by atoms with van der Waals surface area (Å²) in [4.78, 5) is 8.95. The monoisotopic (exact) mass is 431 g/mol. The fraction of sp³-hybridized carbons (Fsp3) is 0.105. The van der Waals surface area contributed by atoms with Crippen LogP contribution in [0.5, 0.6) is 5.75 Å². The van der Waals surface area contributed by atoms with Gasteiger partial charge in [-0.1, -0.05) is 17.7 Å².